The van der Waals surface area contributed by atoms with E-state index in [-0.39, 0.29) is 5.91 Å². The summed E-state index contributed by atoms with van der Waals surface area (Å²) in [7, 11) is 2.98. The summed E-state index contributed by atoms with van der Waals surface area (Å²) in [6.07, 6.45) is 0. The molecular formula is C22H19ClN2O5. The molecule has 0 unspecified atom stereocenters. The molecule has 0 aliphatic heterocycles. The Morgan fingerprint density at radius 2 is 1.37 bits per heavy atom. The molecule has 8 heteroatoms. The van der Waals surface area contributed by atoms with E-state index in [0.29, 0.717) is 44.8 Å². The monoisotopic (exact) mass is 426 g/mol. The fourth-order valence-electron chi connectivity index (χ4n) is 2.65. The number of nitrogens with two attached hydrogens (primary N) is 1. The maximum atomic E-state index is 12.6. The predicted octanol–water partition coefficient (Wildman–Crippen LogP) is 4.50. The average molecular weight is 427 g/mol. The molecule has 30 heavy (non-hydrogen) atoms. The molecule has 0 aliphatic rings. The van der Waals surface area contributed by atoms with Gasteiger partial charge >= 0.3 is 0 Å². The van der Waals surface area contributed by atoms with Gasteiger partial charge in [-0.3, -0.25) is 9.59 Å². The summed E-state index contributed by atoms with van der Waals surface area (Å²) in [6.45, 7) is 0. The van der Waals surface area contributed by atoms with Crippen molar-refractivity contribution in [3.63, 3.8) is 0 Å². The lowest BCUT2D eigenvalue weighted by atomic mass is 10.2. The van der Waals surface area contributed by atoms with E-state index in [2.05, 4.69) is 5.32 Å². The number of methoxy groups -OCH3 is 2. The van der Waals surface area contributed by atoms with Gasteiger partial charge in [-0.25, -0.2) is 0 Å². The van der Waals surface area contributed by atoms with E-state index in [1.54, 1.807) is 60.7 Å². The Balaban J connectivity index is 1.71. The lowest BCUT2D eigenvalue weighted by Gasteiger charge is -2.13. The van der Waals surface area contributed by atoms with Crippen LogP contribution < -0.4 is 25.3 Å². The van der Waals surface area contributed by atoms with Gasteiger partial charge in [0.1, 0.15) is 23.0 Å². The molecule has 0 heterocycles. The van der Waals surface area contributed by atoms with Crippen LogP contribution in [-0.2, 0) is 0 Å². The zero-order valence-corrected chi connectivity index (χ0v) is 17.0. The Kier molecular flexibility index (Phi) is 6.44. The van der Waals surface area contributed by atoms with Crippen molar-refractivity contribution in [2.75, 3.05) is 19.5 Å². The molecule has 0 bridgehead atoms. The second kappa shape index (κ2) is 9.19. The van der Waals surface area contributed by atoms with E-state index < -0.39 is 5.91 Å². The van der Waals surface area contributed by atoms with Crippen molar-refractivity contribution in [2.24, 2.45) is 5.73 Å². The highest BCUT2D eigenvalue weighted by atomic mass is 35.5. The highest BCUT2D eigenvalue weighted by Gasteiger charge is 2.14. The molecule has 3 rings (SSSR count). The first-order valence-corrected chi connectivity index (χ1v) is 9.19. The largest absolute Gasteiger partial charge is 0.495 e. The van der Waals surface area contributed by atoms with E-state index in [1.165, 1.54) is 14.2 Å². The van der Waals surface area contributed by atoms with Crippen molar-refractivity contribution < 1.29 is 23.8 Å². The van der Waals surface area contributed by atoms with Gasteiger partial charge in [0.2, 0.25) is 5.91 Å². The fraction of sp³-hybridized carbons (Fsp3) is 0.0909. The quantitative estimate of drug-likeness (QED) is 0.579. The third-order valence-corrected chi connectivity index (χ3v) is 4.51. The molecule has 154 valence electrons. The van der Waals surface area contributed by atoms with Gasteiger partial charge in [0.05, 0.1) is 24.9 Å². The smallest absolute Gasteiger partial charge is 0.255 e. The number of anilines is 1. The number of carbonyl (C=O) groups excluding carboxylic acids is 2. The third kappa shape index (κ3) is 4.82. The number of halogens is 1. The fourth-order valence-corrected chi connectivity index (χ4v) is 2.89. The number of amides is 2. The topological polar surface area (TPSA) is 99.9 Å². The molecule has 0 spiro atoms. The Bertz CT molecular complexity index is 1070. The summed E-state index contributed by atoms with van der Waals surface area (Å²) in [6, 6.07) is 16.2. The third-order valence-electron chi connectivity index (χ3n) is 4.21. The number of benzene rings is 3. The highest BCUT2D eigenvalue weighted by molar-refractivity contribution is 6.32. The summed E-state index contributed by atoms with van der Waals surface area (Å²) >= 11 is 6.14. The van der Waals surface area contributed by atoms with Gasteiger partial charge in [-0.1, -0.05) is 11.6 Å². The van der Waals surface area contributed by atoms with Gasteiger partial charge in [-0.05, 0) is 54.6 Å². The molecule has 0 aliphatic carbocycles. The maximum absolute atomic E-state index is 12.6. The number of hydrogen-bond acceptors (Lipinski definition) is 5. The zero-order valence-electron chi connectivity index (χ0n) is 16.3. The van der Waals surface area contributed by atoms with Gasteiger partial charge in [0.25, 0.3) is 5.91 Å². The van der Waals surface area contributed by atoms with Crippen LogP contribution in [0.5, 0.6) is 23.0 Å². The summed E-state index contributed by atoms with van der Waals surface area (Å²) in [4.78, 5) is 23.7. The maximum Gasteiger partial charge on any atom is 0.255 e. The minimum Gasteiger partial charge on any atom is -0.495 e. The van der Waals surface area contributed by atoms with Crippen LogP contribution >= 0.6 is 11.6 Å². The van der Waals surface area contributed by atoms with Crippen LogP contribution in [0, 0.1) is 0 Å². The molecule has 0 radical (unpaired) electrons. The van der Waals surface area contributed by atoms with Crippen LogP contribution in [-0.4, -0.2) is 26.0 Å². The normalized spacial score (nSPS) is 10.2. The molecule has 7 nitrogen and oxygen atoms in total. The Morgan fingerprint density at radius 3 is 1.87 bits per heavy atom. The first-order valence-electron chi connectivity index (χ1n) is 8.82. The van der Waals surface area contributed by atoms with Gasteiger partial charge < -0.3 is 25.3 Å². The standard InChI is InChI=1S/C22H19ClN2O5/c1-28-19-12-20(29-2)18(11-17(19)23)25-22(27)14-5-9-16(10-6-14)30-15-7-3-13(4-8-15)21(24)26/h3-12H,1-2H3,(H2,24,26)(H,25,27). The first kappa shape index (κ1) is 21.0. The number of carbonyl (C=O) groups is 2. The Morgan fingerprint density at radius 1 is 0.833 bits per heavy atom. The van der Waals surface area contributed by atoms with Gasteiger partial charge in [0.15, 0.2) is 0 Å². The van der Waals surface area contributed by atoms with Crippen molar-refractivity contribution in [3.8, 4) is 23.0 Å². The Labute approximate surface area is 178 Å². The van der Waals surface area contributed by atoms with Crippen LogP contribution in [0.25, 0.3) is 0 Å². The summed E-state index contributed by atoms with van der Waals surface area (Å²) < 4.78 is 16.1. The minimum atomic E-state index is -0.508. The zero-order chi connectivity index (χ0) is 21.7. The van der Waals surface area contributed by atoms with E-state index in [4.69, 9.17) is 31.5 Å². The van der Waals surface area contributed by atoms with E-state index in [9.17, 15) is 9.59 Å². The number of hydrogen-bond donors (Lipinski definition) is 2. The van der Waals surface area contributed by atoms with Crippen molar-refractivity contribution >= 4 is 29.1 Å². The summed E-state index contributed by atoms with van der Waals surface area (Å²) in [5.74, 6) is 1.08. The van der Waals surface area contributed by atoms with E-state index >= 15 is 0 Å². The van der Waals surface area contributed by atoms with Crippen molar-refractivity contribution in [2.45, 2.75) is 0 Å². The van der Waals surface area contributed by atoms with E-state index in [1.807, 2.05) is 0 Å². The molecule has 3 aromatic rings. The SMILES string of the molecule is COc1cc(OC)c(NC(=O)c2ccc(Oc3ccc(C(N)=O)cc3)cc2)cc1Cl. The molecule has 2 amide bonds. The number of nitrogens with one attached hydrogen (secondary N) is 1. The van der Waals surface area contributed by atoms with Gasteiger partial charge in [0, 0.05) is 17.2 Å². The number of primary amides is 1. The van der Waals surface area contributed by atoms with E-state index in [0.717, 1.165) is 0 Å². The number of rotatable bonds is 7. The average Bonchev–Trinajstić information content (AvgIpc) is 2.75. The molecule has 0 fully saturated rings. The molecule has 0 aromatic heterocycles. The molecule has 0 saturated carbocycles. The van der Waals surface area contributed by atoms with Crippen LogP contribution in [0.15, 0.2) is 60.7 Å². The lowest BCUT2D eigenvalue weighted by molar-refractivity contribution is 0.0997. The highest BCUT2D eigenvalue weighted by Crippen LogP contribution is 2.36. The van der Waals surface area contributed by atoms with Gasteiger partial charge in [-0.15, -0.1) is 0 Å². The van der Waals surface area contributed by atoms with Crippen LogP contribution in [0.2, 0.25) is 5.02 Å². The molecular weight excluding hydrogens is 408 g/mol. The van der Waals surface area contributed by atoms with Crippen LogP contribution in [0.4, 0.5) is 5.69 Å². The molecule has 3 aromatic carbocycles. The minimum absolute atomic E-state index is 0.341. The van der Waals surface area contributed by atoms with Crippen molar-refractivity contribution in [3.05, 3.63) is 76.8 Å². The van der Waals surface area contributed by atoms with Crippen LogP contribution in [0.3, 0.4) is 0 Å². The molecule has 3 N–H and O–H groups in total. The number of ether oxygens (including phenoxy) is 3. The summed E-state index contributed by atoms with van der Waals surface area (Å²) in [5, 5.41) is 3.11. The predicted molar refractivity (Wildman–Crippen MR) is 114 cm³/mol. The Hall–Kier alpha value is -3.71. The second-order valence-corrected chi connectivity index (χ2v) is 6.56. The second-order valence-electron chi connectivity index (χ2n) is 6.16. The lowest BCUT2D eigenvalue weighted by Crippen LogP contribution is -2.12. The molecule has 0 saturated heterocycles. The van der Waals surface area contributed by atoms with Gasteiger partial charge in [-0.2, -0.15) is 0 Å². The first-order chi connectivity index (χ1) is 14.4. The van der Waals surface area contributed by atoms with Crippen molar-refractivity contribution in [1.82, 2.24) is 0 Å². The van der Waals surface area contributed by atoms with Crippen LogP contribution in [0.1, 0.15) is 20.7 Å². The van der Waals surface area contributed by atoms with Crippen molar-refractivity contribution in [1.29, 1.82) is 0 Å². The molecule has 0 atom stereocenters. The summed E-state index contributed by atoms with van der Waals surface area (Å²) in [5.41, 5.74) is 6.45.